The summed E-state index contributed by atoms with van der Waals surface area (Å²) in [4.78, 5) is 19.6. The minimum absolute atomic E-state index is 0.311. The van der Waals surface area contributed by atoms with Gasteiger partial charge in [0.05, 0.1) is 50.6 Å². The second kappa shape index (κ2) is 13.2. The number of carbonyl (C=O) groups excluding carboxylic acids is 1. The third-order valence-corrected chi connectivity index (χ3v) is 6.81. The Hall–Kier alpha value is -4.83. The SMILES string of the molecule is COc1cc(COc2ccc(NC(=O)c3cc(Nc4cc(F)cc(N5CCOCC5)c4)cnc3C)cc2)cc(OC)c1. The van der Waals surface area contributed by atoms with Crippen LogP contribution in [0.3, 0.4) is 0 Å². The number of nitrogens with zero attached hydrogens (tertiary/aromatic N) is 2. The first-order valence-corrected chi connectivity index (χ1v) is 13.5. The molecule has 3 aromatic carbocycles. The van der Waals surface area contributed by atoms with Gasteiger partial charge in [-0.2, -0.15) is 0 Å². The average molecular weight is 573 g/mol. The standard InChI is InChI=1S/C32H33FN4O5/c1-21-31(17-26(19-34-21)35-25-14-23(33)15-27(16-25)37-8-10-41-11-9-37)32(38)36-24-4-6-28(7-5-24)42-20-22-12-29(39-2)18-30(13-22)40-3/h4-7,12-19,35H,8-11,20H2,1-3H3,(H,36,38). The lowest BCUT2D eigenvalue weighted by Gasteiger charge is -2.29. The largest absolute Gasteiger partial charge is 0.497 e. The molecule has 1 saturated heterocycles. The Labute approximate surface area is 244 Å². The molecule has 4 aromatic rings. The number of amides is 1. The monoisotopic (exact) mass is 572 g/mol. The summed E-state index contributed by atoms with van der Waals surface area (Å²) >= 11 is 0. The molecule has 218 valence electrons. The maximum Gasteiger partial charge on any atom is 0.257 e. The van der Waals surface area contributed by atoms with Gasteiger partial charge in [0.25, 0.3) is 5.91 Å². The number of rotatable bonds is 10. The van der Waals surface area contributed by atoms with E-state index in [0.717, 1.165) is 11.3 Å². The molecule has 0 unspecified atom stereocenters. The maximum absolute atomic E-state index is 14.4. The van der Waals surface area contributed by atoms with Crippen molar-refractivity contribution in [1.82, 2.24) is 4.98 Å². The van der Waals surface area contributed by atoms with E-state index >= 15 is 0 Å². The number of aromatic nitrogens is 1. The van der Waals surface area contributed by atoms with Crippen LogP contribution < -0.4 is 29.7 Å². The number of morpholine rings is 1. The average Bonchev–Trinajstić information content (AvgIpc) is 3.01. The van der Waals surface area contributed by atoms with Gasteiger partial charge in [-0.3, -0.25) is 9.78 Å². The van der Waals surface area contributed by atoms with Gasteiger partial charge in [-0.1, -0.05) is 0 Å². The van der Waals surface area contributed by atoms with Crippen molar-refractivity contribution in [2.24, 2.45) is 0 Å². The van der Waals surface area contributed by atoms with E-state index in [1.165, 1.54) is 12.1 Å². The van der Waals surface area contributed by atoms with Crippen LogP contribution >= 0.6 is 0 Å². The molecule has 2 heterocycles. The van der Waals surface area contributed by atoms with E-state index in [4.69, 9.17) is 18.9 Å². The number of nitrogens with one attached hydrogen (secondary N) is 2. The molecule has 5 rings (SSSR count). The summed E-state index contributed by atoms with van der Waals surface area (Å²) in [6, 6.07) is 19.2. The van der Waals surface area contributed by atoms with Crippen molar-refractivity contribution in [3.05, 3.63) is 95.6 Å². The summed E-state index contributed by atoms with van der Waals surface area (Å²) in [7, 11) is 3.20. The highest BCUT2D eigenvalue weighted by molar-refractivity contribution is 6.05. The van der Waals surface area contributed by atoms with Crippen LogP contribution in [0.1, 0.15) is 21.6 Å². The van der Waals surface area contributed by atoms with Gasteiger partial charge >= 0.3 is 0 Å². The molecule has 0 saturated carbocycles. The van der Waals surface area contributed by atoms with Crippen LogP contribution in [0.15, 0.2) is 72.9 Å². The minimum Gasteiger partial charge on any atom is -0.497 e. The summed E-state index contributed by atoms with van der Waals surface area (Å²) in [6.45, 7) is 4.70. The quantitative estimate of drug-likeness (QED) is 0.241. The number of hydrogen-bond donors (Lipinski definition) is 2. The highest BCUT2D eigenvalue weighted by atomic mass is 19.1. The Morgan fingerprint density at radius 2 is 1.62 bits per heavy atom. The molecule has 0 atom stereocenters. The van der Waals surface area contributed by atoms with Crippen LogP contribution in [0.4, 0.5) is 27.1 Å². The first-order valence-electron chi connectivity index (χ1n) is 13.5. The maximum atomic E-state index is 14.4. The highest BCUT2D eigenvalue weighted by Gasteiger charge is 2.15. The lowest BCUT2D eigenvalue weighted by atomic mass is 10.1. The predicted octanol–water partition coefficient (Wildman–Crippen LogP) is 5.96. The van der Waals surface area contributed by atoms with Crippen LogP contribution in [0.2, 0.25) is 0 Å². The Morgan fingerprint density at radius 1 is 0.905 bits per heavy atom. The summed E-state index contributed by atoms with van der Waals surface area (Å²) < 4.78 is 36.4. The predicted molar refractivity (Wildman–Crippen MR) is 160 cm³/mol. The zero-order valence-corrected chi connectivity index (χ0v) is 23.8. The number of carbonyl (C=O) groups is 1. The molecule has 0 aliphatic carbocycles. The highest BCUT2D eigenvalue weighted by Crippen LogP contribution is 2.27. The molecule has 42 heavy (non-hydrogen) atoms. The van der Waals surface area contributed by atoms with Gasteiger partial charge in [0.1, 0.15) is 29.7 Å². The molecular weight excluding hydrogens is 539 g/mol. The van der Waals surface area contributed by atoms with Crippen molar-refractivity contribution in [1.29, 1.82) is 0 Å². The fourth-order valence-corrected chi connectivity index (χ4v) is 4.60. The number of ether oxygens (including phenoxy) is 4. The third-order valence-electron chi connectivity index (χ3n) is 6.81. The van der Waals surface area contributed by atoms with Gasteiger partial charge in [0, 0.05) is 36.2 Å². The van der Waals surface area contributed by atoms with E-state index in [0.29, 0.717) is 78.5 Å². The number of benzene rings is 3. The van der Waals surface area contributed by atoms with E-state index in [-0.39, 0.29) is 11.7 Å². The third kappa shape index (κ3) is 7.27. The van der Waals surface area contributed by atoms with Crippen LogP contribution in [-0.4, -0.2) is 51.4 Å². The normalized spacial score (nSPS) is 12.9. The zero-order chi connectivity index (χ0) is 29.5. The summed E-state index contributed by atoms with van der Waals surface area (Å²) in [6.07, 6.45) is 1.62. The number of halogens is 1. The van der Waals surface area contributed by atoms with Crippen LogP contribution in [0, 0.1) is 12.7 Å². The van der Waals surface area contributed by atoms with Crippen molar-refractivity contribution in [2.75, 3.05) is 56.1 Å². The van der Waals surface area contributed by atoms with E-state index in [1.54, 1.807) is 63.7 Å². The Kier molecular flexibility index (Phi) is 9.03. The zero-order valence-electron chi connectivity index (χ0n) is 23.8. The molecular formula is C32H33FN4O5. The van der Waals surface area contributed by atoms with Crippen molar-refractivity contribution < 1.29 is 28.1 Å². The Bertz CT molecular complexity index is 1520. The number of aryl methyl sites for hydroxylation is 1. The number of hydrogen-bond acceptors (Lipinski definition) is 8. The fraction of sp³-hybridized carbons (Fsp3) is 0.250. The second-order valence-electron chi connectivity index (χ2n) is 9.77. The molecule has 0 spiro atoms. The molecule has 1 fully saturated rings. The lowest BCUT2D eigenvalue weighted by molar-refractivity contribution is 0.102. The van der Waals surface area contributed by atoms with Gasteiger partial charge in [-0.25, -0.2) is 4.39 Å². The van der Waals surface area contributed by atoms with Crippen molar-refractivity contribution in [3.63, 3.8) is 0 Å². The second-order valence-corrected chi connectivity index (χ2v) is 9.77. The van der Waals surface area contributed by atoms with Crippen molar-refractivity contribution >= 4 is 28.7 Å². The topological polar surface area (TPSA) is 94.2 Å². The van der Waals surface area contributed by atoms with E-state index < -0.39 is 0 Å². The van der Waals surface area contributed by atoms with Crippen LogP contribution in [-0.2, 0) is 11.3 Å². The summed E-state index contributed by atoms with van der Waals surface area (Å²) in [5.41, 5.74) is 4.38. The van der Waals surface area contributed by atoms with Crippen molar-refractivity contribution in [2.45, 2.75) is 13.5 Å². The Balaban J connectivity index is 1.23. The van der Waals surface area contributed by atoms with Gasteiger partial charge in [0.2, 0.25) is 0 Å². The van der Waals surface area contributed by atoms with Gasteiger partial charge in [0.15, 0.2) is 0 Å². The smallest absolute Gasteiger partial charge is 0.257 e. The van der Waals surface area contributed by atoms with Crippen molar-refractivity contribution in [3.8, 4) is 17.2 Å². The van der Waals surface area contributed by atoms with E-state index in [9.17, 15) is 9.18 Å². The number of pyridine rings is 1. The van der Waals surface area contributed by atoms with E-state index in [2.05, 4.69) is 20.5 Å². The van der Waals surface area contributed by atoms with Gasteiger partial charge in [-0.15, -0.1) is 0 Å². The first kappa shape index (κ1) is 28.7. The van der Waals surface area contributed by atoms with Gasteiger partial charge < -0.3 is 34.5 Å². The molecule has 2 N–H and O–H groups in total. The van der Waals surface area contributed by atoms with E-state index in [1.807, 2.05) is 18.2 Å². The number of methoxy groups -OCH3 is 2. The molecule has 1 amide bonds. The molecule has 0 radical (unpaired) electrons. The molecule has 1 aliphatic heterocycles. The molecule has 10 heteroatoms. The van der Waals surface area contributed by atoms with Gasteiger partial charge in [-0.05, 0) is 73.2 Å². The Morgan fingerprint density at radius 3 is 2.31 bits per heavy atom. The van der Waals surface area contributed by atoms with Crippen LogP contribution in [0.5, 0.6) is 17.2 Å². The lowest BCUT2D eigenvalue weighted by Crippen LogP contribution is -2.36. The summed E-state index contributed by atoms with van der Waals surface area (Å²) in [5, 5.41) is 6.10. The molecule has 9 nitrogen and oxygen atoms in total. The molecule has 1 aromatic heterocycles. The fourth-order valence-electron chi connectivity index (χ4n) is 4.60. The number of anilines is 4. The van der Waals surface area contributed by atoms with Crippen LogP contribution in [0.25, 0.3) is 0 Å². The first-order chi connectivity index (χ1) is 20.4. The minimum atomic E-state index is -0.352. The molecule has 0 bridgehead atoms. The molecule has 1 aliphatic rings. The summed E-state index contributed by atoms with van der Waals surface area (Å²) in [5.74, 6) is 1.35.